The van der Waals surface area contributed by atoms with Gasteiger partial charge in [0.15, 0.2) is 0 Å². The van der Waals surface area contributed by atoms with Crippen LogP contribution < -0.4 is 0 Å². The molecule has 1 aliphatic carbocycles. The molecule has 0 aromatic heterocycles. The first-order valence-corrected chi connectivity index (χ1v) is 7.31. The molecule has 2 rings (SSSR count). The highest BCUT2D eigenvalue weighted by molar-refractivity contribution is 6.02. The molecule has 0 fully saturated rings. The van der Waals surface area contributed by atoms with E-state index in [1.54, 1.807) is 30.3 Å². The van der Waals surface area contributed by atoms with Crippen LogP contribution in [0.4, 0.5) is 0 Å². The third-order valence-corrected chi connectivity index (χ3v) is 4.72. The molecule has 0 amide bonds. The van der Waals surface area contributed by atoms with Crippen LogP contribution in [0.3, 0.4) is 0 Å². The van der Waals surface area contributed by atoms with Crippen LogP contribution in [0.15, 0.2) is 52.6 Å². The summed E-state index contributed by atoms with van der Waals surface area (Å²) in [5.41, 5.74) is -1.10. The molecule has 3 N–H and O–H groups in total. The van der Waals surface area contributed by atoms with Gasteiger partial charge in [0.1, 0.15) is 0 Å². The number of hydrogen-bond donors (Lipinski definition) is 3. The van der Waals surface area contributed by atoms with Gasteiger partial charge in [-0.15, -0.1) is 0 Å². The Kier molecular flexibility index (Phi) is 4.34. The van der Waals surface area contributed by atoms with Crippen LogP contribution >= 0.6 is 0 Å². The summed E-state index contributed by atoms with van der Waals surface area (Å²) in [6, 6.07) is 8.45. The van der Waals surface area contributed by atoms with Gasteiger partial charge in [-0.3, -0.25) is 4.79 Å². The fourth-order valence-electron chi connectivity index (χ4n) is 3.77. The number of carboxylic acid groups (broad SMARTS) is 3. The zero-order chi connectivity index (χ0) is 18.2. The predicted molar refractivity (Wildman–Crippen MR) is 85.6 cm³/mol. The molecule has 24 heavy (non-hydrogen) atoms. The zero-order valence-electron chi connectivity index (χ0n) is 13.5. The molecule has 0 saturated heterocycles. The van der Waals surface area contributed by atoms with Crippen molar-refractivity contribution in [3.05, 3.63) is 58.2 Å². The van der Waals surface area contributed by atoms with Crippen molar-refractivity contribution in [3.8, 4) is 0 Å². The lowest BCUT2D eigenvalue weighted by atomic mass is 9.59. The Morgan fingerprint density at radius 1 is 0.958 bits per heavy atom. The second-order valence-corrected chi connectivity index (χ2v) is 6.01. The summed E-state index contributed by atoms with van der Waals surface area (Å²) >= 11 is 0. The van der Waals surface area contributed by atoms with E-state index >= 15 is 0 Å². The average Bonchev–Trinajstić information content (AvgIpc) is 2.46. The highest BCUT2D eigenvalue weighted by Gasteiger charge is 2.52. The highest BCUT2D eigenvalue weighted by atomic mass is 16.4. The van der Waals surface area contributed by atoms with Crippen LogP contribution in [0.2, 0.25) is 0 Å². The van der Waals surface area contributed by atoms with Crippen molar-refractivity contribution in [2.45, 2.75) is 26.2 Å². The molecule has 0 saturated carbocycles. The number of hydrogen-bond acceptors (Lipinski definition) is 3. The fraction of sp³-hybridized carbons (Fsp3) is 0.278. The first-order chi connectivity index (χ1) is 11.1. The Morgan fingerprint density at radius 3 is 1.92 bits per heavy atom. The van der Waals surface area contributed by atoms with E-state index in [4.69, 9.17) is 0 Å². The lowest BCUT2D eigenvalue weighted by Gasteiger charge is -2.41. The standard InChI is InChI=1S/C18H18O6/c1-9-12(15(19)20)10(2)14(17(23)24)18(3,13(9)16(21)22)11-7-5-4-6-8-11/h4-8,13H,1-3H3,(H,19,20)(H,21,22)(H,23,24). The van der Waals surface area contributed by atoms with Gasteiger partial charge < -0.3 is 15.3 Å². The van der Waals surface area contributed by atoms with Crippen molar-refractivity contribution in [2.24, 2.45) is 5.92 Å². The van der Waals surface area contributed by atoms with E-state index in [1.165, 1.54) is 20.8 Å². The molecule has 6 nitrogen and oxygen atoms in total. The molecule has 0 spiro atoms. The van der Waals surface area contributed by atoms with Crippen LogP contribution in [0.5, 0.6) is 0 Å². The van der Waals surface area contributed by atoms with E-state index in [9.17, 15) is 29.7 Å². The number of benzene rings is 1. The number of carboxylic acids is 3. The molecule has 0 aliphatic heterocycles. The number of aliphatic carboxylic acids is 3. The Labute approximate surface area is 138 Å². The third kappa shape index (κ3) is 2.40. The molecule has 0 bridgehead atoms. The summed E-state index contributed by atoms with van der Waals surface area (Å²) < 4.78 is 0. The maximum atomic E-state index is 12.0. The molecule has 1 aliphatic rings. The van der Waals surface area contributed by atoms with Crippen molar-refractivity contribution in [2.75, 3.05) is 0 Å². The quantitative estimate of drug-likeness (QED) is 0.782. The summed E-state index contributed by atoms with van der Waals surface area (Å²) in [4.78, 5) is 35.5. The SMILES string of the molecule is CC1=C(C(=O)O)C(C)(c2ccccc2)C(C(=O)O)C(C)=C1C(=O)O. The van der Waals surface area contributed by atoms with Gasteiger partial charge in [0, 0.05) is 5.41 Å². The average molecular weight is 330 g/mol. The van der Waals surface area contributed by atoms with E-state index in [1.807, 2.05) is 0 Å². The minimum atomic E-state index is -1.38. The molecule has 0 radical (unpaired) electrons. The molecule has 0 heterocycles. The number of carbonyl (C=O) groups is 3. The van der Waals surface area contributed by atoms with Crippen LogP contribution in [0.1, 0.15) is 26.3 Å². The van der Waals surface area contributed by atoms with Gasteiger partial charge in [0.2, 0.25) is 0 Å². The van der Waals surface area contributed by atoms with Crippen LogP contribution in [-0.2, 0) is 19.8 Å². The first-order valence-electron chi connectivity index (χ1n) is 7.31. The first kappa shape index (κ1) is 17.5. The third-order valence-electron chi connectivity index (χ3n) is 4.72. The van der Waals surface area contributed by atoms with E-state index < -0.39 is 29.2 Å². The largest absolute Gasteiger partial charge is 0.481 e. The summed E-state index contributed by atoms with van der Waals surface area (Å²) in [5.74, 6) is -5.20. The van der Waals surface area contributed by atoms with E-state index in [2.05, 4.69) is 0 Å². The smallest absolute Gasteiger partial charge is 0.335 e. The maximum absolute atomic E-state index is 12.0. The van der Waals surface area contributed by atoms with Crippen molar-refractivity contribution < 1.29 is 29.7 Å². The summed E-state index contributed by atoms with van der Waals surface area (Å²) in [6.07, 6.45) is 0. The van der Waals surface area contributed by atoms with Gasteiger partial charge >= 0.3 is 17.9 Å². The molecule has 6 heteroatoms. The Bertz CT molecular complexity index is 787. The summed E-state index contributed by atoms with van der Waals surface area (Å²) in [5, 5.41) is 28.9. The van der Waals surface area contributed by atoms with E-state index in [0.29, 0.717) is 5.56 Å². The lowest BCUT2D eigenvalue weighted by Crippen LogP contribution is -2.46. The second kappa shape index (κ2) is 5.96. The Balaban J connectivity index is 2.94. The van der Waals surface area contributed by atoms with E-state index in [-0.39, 0.29) is 22.3 Å². The van der Waals surface area contributed by atoms with Crippen molar-refractivity contribution in [1.82, 2.24) is 0 Å². The van der Waals surface area contributed by atoms with Gasteiger partial charge in [-0.05, 0) is 37.5 Å². The Morgan fingerprint density at radius 2 is 1.50 bits per heavy atom. The number of rotatable bonds is 4. The fourth-order valence-corrected chi connectivity index (χ4v) is 3.77. The van der Waals surface area contributed by atoms with Gasteiger partial charge in [-0.2, -0.15) is 0 Å². The molecular formula is C18H18O6. The van der Waals surface area contributed by atoms with Crippen LogP contribution in [-0.4, -0.2) is 33.2 Å². The van der Waals surface area contributed by atoms with E-state index in [0.717, 1.165) is 0 Å². The van der Waals surface area contributed by atoms with Gasteiger partial charge in [-0.1, -0.05) is 30.3 Å². The molecular weight excluding hydrogens is 312 g/mol. The lowest BCUT2D eigenvalue weighted by molar-refractivity contribution is -0.142. The van der Waals surface area contributed by atoms with Gasteiger partial charge in [-0.25, -0.2) is 9.59 Å². The van der Waals surface area contributed by atoms with Crippen molar-refractivity contribution in [3.63, 3.8) is 0 Å². The highest BCUT2D eigenvalue weighted by Crippen LogP contribution is 2.49. The molecule has 2 atom stereocenters. The molecule has 2 unspecified atom stereocenters. The predicted octanol–water partition coefficient (Wildman–Crippen LogP) is 2.46. The van der Waals surface area contributed by atoms with Crippen molar-refractivity contribution in [1.29, 1.82) is 0 Å². The zero-order valence-corrected chi connectivity index (χ0v) is 13.5. The van der Waals surface area contributed by atoms with Gasteiger partial charge in [0.25, 0.3) is 0 Å². The van der Waals surface area contributed by atoms with Crippen molar-refractivity contribution >= 4 is 17.9 Å². The summed E-state index contributed by atoms with van der Waals surface area (Å²) in [7, 11) is 0. The minimum absolute atomic E-state index is 0.0800. The van der Waals surface area contributed by atoms with Crippen LogP contribution in [0, 0.1) is 5.92 Å². The van der Waals surface area contributed by atoms with Crippen LogP contribution in [0.25, 0.3) is 0 Å². The topological polar surface area (TPSA) is 112 Å². The normalized spacial score (nSPS) is 24.0. The monoisotopic (exact) mass is 330 g/mol. The Hall–Kier alpha value is -2.89. The molecule has 126 valence electrons. The molecule has 1 aromatic rings. The molecule has 1 aromatic carbocycles. The second-order valence-electron chi connectivity index (χ2n) is 6.01. The maximum Gasteiger partial charge on any atom is 0.335 e. The van der Waals surface area contributed by atoms with Gasteiger partial charge in [0.05, 0.1) is 17.1 Å². The minimum Gasteiger partial charge on any atom is -0.481 e. The summed E-state index contributed by atoms with van der Waals surface area (Å²) in [6.45, 7) is 4.39.